The molecule has 2 amide bonds. The Morgan fingerprint density at radius 1 is 1.03 bits per heavy atom. The predicted octanol–water partition coefficient (Wildman–Crippen LogP) is 2.08. The number of aryl methyl sites for hydroxylation is 2. The quantitative estimate of drug-likeness (QED) is 0.620. The Morgan fingerprint density at radius 3 is 2.22 bits per heavy atom. The molecule has 1 N–H and O–H groups in total. The van der Waals surface area contributed by atoms with Gasteiger partial charge in [0.2, 0.25) is 11.8 Å². The summed E-state index contributed by atoms with van der Waals surface area (Å²) < 4.78 is 28.5. The van der Waals surface area contributed by atoms with Crippen molar-refractivity contribution in [3.05, 3.63) is 65.2 Å². The molecule has 0 aliphatic rings. The van der Waals surface area contributed by atoms with Crippen LogP contribution in [-0.2, 0) is 26.3 Å². The molecular formula is C23H32N4O4S. The van der Waals surface area contributed by atoms with Gasteiger partial charge in [-0.3, -0.25) is 9.59 Å². The van der Waals surface area contributed by atoms with Crippen molar-refractivity contribution < 1.29 is 18.0 Å². The van der Waals surface area contributed by atoms with Crippen molar-refractivity contribution in [1.82, 2.24) is 14.5 Å². The number of carbonyl (C=O) groups is 2. The number of amides is 2. The van der Waals surface area contributed by atoms with Gasteiger partial charge >= 0.3 is 10.2 Å². The lowest BCUT2D eigenvalue weighted by Gasteiger charge is -2.33. The molecule has 0 fully saturated rings. The summed E-state index contributed by atoms with van der Waals surface area (Å²) in [7, 11) is 0.384. The maximum atomic E-state index is 13.5. The van der Waals surface area contributed by atoms with Crippen LogP contribution in [0.5, 0.6) is 0 Å². The second-order valence-corrected chi connectivity index (χ2v) is 9.95. The van der Waals surface area contributed by atoms with Gasteiger partial charge in [-0.25, -0.2) is 4.31 Å². The third-order valence-electron chi connectivity index (χ3n) is 5.26. The fourth-order valence-corrected chi connectivity index (χ4v) is 4.37. The van der Waals surface area contributed by atoms with Crippen molar-refractivity contribution in [1.29, 1.82) is 0 Å². The van der Waals surface area contributed by atoms with Gasteiger partial charge in [0.15, 0.2) is 0 Å². The molecule has 2 aromatic rings. The van der Waals surface area contributed by atoms with Crippen molar-refractivity contribution in [3.8, 4) is 0 Å². The summed E-state index contributed by atoms with van der Waals surface area (Å²) >= 11 is 0. The van der Waals surface area contributed by atoms with Crippen LogP contribution in [0.4, 0.5) is 5.69 Å². The maximum Gasteiger partial charge on any atom is 0.304 e. The summed E-state index contributed by atoms with van der Waals surface area (Å²) in [5.74, 6) is -0.806. The molecule has 0 heterocycles. The maximum absolute atomic E-state index is 13.5. The summed E-state index contributed by atoms with van der Waals surface area (Å²) in [5.41, 5.74) is 2.87. The molecule has 2 aromatic carbocycles. The van der Waals surface area contributed by atoms with Crippen LogP contribution in [0.25, 0.3) is 0 Å². The SMILES string of the molecule is CNC(=O)[C@H](C)N(Cc1ccccc1)C(=O)CN(c1cc(C)ccc1C)S(=O)(=O)N(C)C. The first-order chi connectivity index (χ1) is 15.0. The zero-order valence-electron chi connectivity index (χ0n) is 19.5. The van der Waals surface area contributed by atoms with Crippen LogP contribution in [0.1, 0.15) is 23.6 Å². The minimum atomic E-state index is -3.97. The number of rotatable bonds is 9. The molecule has 0 saturated carbocycles. The van der Waals surface area contributed by atoms with Gasteiger partial charge < -0.3 is 10.2 Å². The number of hydrogen-bond acceptors (Lipinski definition) is 4. The second kappa shape index (κ2) is 10.6. The van der Waals surface area contributed by atoms with Crippen molar-refractivity contribution in [2.45, 2.75) is 33.4 Å². The second-order valence-electron chi connectivity index (χ2n) is 7.88. The molecule has 2 rings (SSSR count). The first kappa shape index (κ1) is 25.4. The predicted molar refractivity (Wildman–Crippen MR) is 126 cm³/mol. The molecule has 1 atom stereocenters. The van der Waals surface area contributed by atoms with E-state index in [2.05, 4.69) is 5.32 Å². The van der Waals surface area contributed by atoms with Gasteiger partial charge in [0.25, 0.3) is 0 Å². The number of nitrogens with zero attached hydrogens (tertiary/aromatic N) is 3. The smallest absolute Gasteiger partial charge is 0.304 e. The summed E-state index contributed by atoms with van der Waals surface area (Å²) in [4.78, 5) is 27.2. The summed E-state index contributed by atoms with van der Waals surface area (Å²) in [6.07, 6.45) is 0. The van der Waals surface area contributed by atoms with Crippen LogP contribution in [0.2, 0.25) is 0 Å². The molecule has 174 valence electrons. The molecule has 0 spiro atoms. The number of anilines is 1. The highest BCUT2D eigenvalue weighted by atomic mass is 32.2. The lowest BCUT2D eigenvalue weighted by molar-refractivity contribution is -0.139. The fourth-order valence-electron chi connectivity index (χ4n) is 3.26. The standard InChI is InChI=1S/C23H32N4O4S/c1-17-12-13-18(2)21(14-17)27(32(30,31)25(5)6)16-22(28)26(19(3)23(29)24-4)15-20-10-8-7-9-11-20/h7-14,19H,15-16H2,1-6H3,(H,24,29)/t19-/m0/s1. The highest BCUT2D eigenvalue weighted by Gasteiger charge is 2.33. The molecule has 0 aliphatic heterocycles. The van der Waals surface area contributed by atoms with Crippen LogP contribution in [0, 0.1) is 13.8 Å². The van der Waals surface area contributed by atoms with E-state index in [-0.39, 0.29) is 12.5 Å². The third-order valence-corrected chi connectivity index (χ3v) is 7.07. The Bertz CT molecular complexity index is 1050. The zero-order chi connectivity index (χ0) is 24.1. The molecule has 8 nitrogen and oxygen atoms in total. The molecule has 0 aromatic heterocycles. The van der Waals surface area contributed by atoms with Crippen molar-refractivity contribution >= 4 is 27.7 Å². The van der Waals surface area contributed by atoms with Gasteiger partial charge in [0, 0.05) is 27.7 Å². The molecule has 9 heteroatoms. The summed E-state index contributed by atoms with van der Waals surface area (Å²) in [5, 5.41) is 2.56. The molecule has 0 unspecified atom stereocenters. The fraction of sp³-hybridized carbons (Fsp3) is 0.391. The third kappa shape index (κ3) is 5.86. The zero-order valence-corrected chi connectivity index (χ0v) is 20.3. The van der Waals surface area contributed by atoms with Crippen LogP contribution in [-0.4, -0.2) is 63.2 Å². The van der Waals surface area contributed by atoms with Crippen LogP contribution in [0.15, 0.2) is 48.5 Å². The normalized spacial score (nSPS) is 12.3. The average molecular weight is 461 g/mol. The first-order valence-electron chi connectivity index (χ1n) is 10.3. The molecule has 0 radical (unpaired) electrons. The Labute approximate surface area is 191 Å². The minimum absolute atomic E-state index is 0.177. The number of likely N-dealkylation sites (N-methyl/N-ethyl adjacent to an activating group) is 1. The van der Waals surface area contributed by atoms with Crippen LogP contribution < -0.4 is 9.62 Å². The molecular weight excluding hydrogens is 428 g/mol. The van der Waals surface area contributed by atoms with E-state index < -0.39 is 28.7 Å². The summed E-state index contributed by atoms with van der Waals surface area (Å²) in [6, 6.07) is 13.9. The van der Waals surface area contributed by atoms with Gasteiger partial charge in [-0.05, 0) is 43.5 Å². The van der Waals surface area contributed by atoms with Crippen molar-refractivity contribution in [3.63, 3.8) is 0 Å². The number of carbonyl (C=O) groups excluding carboxylic acids is 2. The van der Waals surface area contributed by atoms with Gasteiger partial charge in [0.1, 0.15) is 12.6 Å². The summed E-state index contributed by atoms with van der Waals surface area (Å²) in [6.45, 7) is 5.03. The Kier molecular flexibility index (Phi) is 8.40. The van der Waals surface area contributed by atoms with E-state index in [0.717, 1.165) is 25.3 Å². The molecule has 32 heavy (non-hydrogen) atoms. The Morgan fingerprint density at radius 2 is 1.66 bits per heavy atom. The lowest BCUT2D eigenvalue weighted by Crippen LogP contribution is -2.52. The van der Waals surface area contributed by atoms with E-state index in [0.29, 0.717) is 5.69 Å². The highest BCUT2D eigenvalue weighted by Crippen LogP contribution is 2.26. The minimum Gasteiger partial charge on any atom is -0.357 e. The van der Waals surface area contributed by atoms with Crippen LogP contribution >= 0.6 is 0 Å². The van der Waals surface area contributed by atoms with Crippen molar-refractivity contribution in [2.75, 3.05) is 32.0 Å². The molecule has 0 saturated heterocycles. The van der Waals surface area contributed by atoms with E-state index in [1.807, 2.05) is 49.4 Å². The van der Waals surface area contributed by atoms with Gasteiger partial charge in [-0.1, -0.05) is 42.5 Å². The Balaban J connectivity index is 2.49. The van der Waals surface area contributed by atoms with Crippen molar-refractivity contribution in [2.24, 2.45) is 0 Å². The number of hydrogen-bond donors (Lipinski definition) is 1. The monoisotopic (exact) mass is 460 g/mol. The molecule has 0 aliphatic carbocycles. The first-order valence-corrected chi connectivity index (χ1v) is 11.7. The van der Waals surface area contributed by atoms with Gasteiger partial charge in [-0.2, -0.15) is 12.7 Å². The highest BCUT2D eigenvalue weighted by molar-refractivity contribution is 7.90. The topological polar surface area (TPSA) is 90.0 Å². The Hall–Kier alpha value is -2.91. The van der Waals surface area contributed by atoms with E-state index in [9.17, 15) is 18.0 Å². The van der Waals surface area contributed by atoms with Gasteiger partial charge in [-0.15, -0.1) is 0 Å². The van der Waals surface area contributed by atoms with E-state index in [1.54, 1.807) is 19.9 Å². The van der Waals surface area contributed by atoms with Crippen LogP contribution in [0.3, 0.4) is 0 Å². The largest absolute Gasteiger partial charge is 0.357 e. The van der Waals surface area contributed by atoms with E-state index in [4.69, 9.17) is 0 Å². The van der Waals surface area contributed by atoms with E-state index >= 15 is 0 Å². The average Bonchev–Trinajstić information content (AvgIpc) is 2.76. The molecule has 0 bridgehead atoms. The lowest BCUT2D eigenvalue weighted by atomic mass is 10.1. The van der Waals surface area contributed by atoms with E-state index in [1.165, 1.54) is 26.0 Å². The number of benzene rings is 2. The van der Waals surface area contributed by atoms with Gasteiger partial charge in [0.05, 0.1) is 5.69 Å². The number of nitrogens with one attached hydrogen (secondary N) is 1.